The van der Waals surface area contributed by atoms with E-state index >= 15 is 0 Å². The molecule has 2 fully saturated rings. The topological polar surface area (TPSA) is 21.7 Å². The van der Waals surface area contributed by atoms with Gasteiger partial charge in [0.05, 0.1) is 6.61 Å². The van der Waals surface area contributed by atoms with Gasteiger partial charge in [0.25, 0.3) is 0 Å². The molecule has 1 unspecified atom stereocenters. The Hall–Kier alpha value is -0.420. The minimum absolute atomic E-state index is 0.189. The SMILES string of the molecule is COC1C[C@H]2Cc3c(Br)cccc3[C@]23OC[C@@H](C)N13. The summed E-state index contributed by atoms with van der Waals surface area (Å²) in [4.78, 5) is 2.45. The lowest BCUT2D eigenvalue weighted by molar-refractivity contribution is -0.130. The predicted molar refractivity (Wildman–Crippen MR) is 75.7 cm³/mol. The molecule has 1 aliphatic carbocycles. The number of hydrogen-bond donors (Lipinski definition) is 0. The first-order valence-corrected chi connectivity index (χ1v) is 7.71. The number of ether oxygens (including phenoxy) is 2. The highest BCUT2D eigenvalue weighted by molar-refractivity contribution is 9.10. The number of fused-ring (bicyclic) bond motifs is 1. The first kappa shape index (κ1) is 12.3. The average molecular weight is 324 g/mol. The molecule has 4 atom stereocenters. The molecule has 0 aromatic heterocycles. The molecule has 19 heavy (non-hydrogen) atoms. The standard InChI is InChI=1S/C15H18BrNO2/c1-9-8-19-15-10(7-14(18-2)17(9)15)6-11-12(15)4-3-5-13(11)16/h3-5,9-10,14H,6-8H2,1-2H3/t9-,10-,14?,15-/m1/s1. The van der Waals surface area contributed by atoms with Crippen molar-refractivity contribution < 1.29 is 9.47 Å². The van der Waals surface area contributed by atoms with Gasteiger partial charge < -0.3 is 9.47 Å². The molecule has 1 aromatic rings. The zero-order chi connectivity index (χ0) is 13.2. The summed E-state index contributed by atoms with van der Waals surface area (Å²) < 4.78 is 13.3. The maximum Gasteiger partial charge on any atom is 0.153 e. The molecule has 4 heteroatoms. The molecule has 1 aromatic carbocycles. The van der Waals surface area contributed by atoms with Crippen LogP contribution in [-0.4, -0.2) is 30.9 Å². The number of rotatable bonds is 1. The van der Waals surface area contributed by atoms with Crippen molar-refractivity contribution in [3.05, 3.63) is 33.8 Å². The van der Waals surface area contributed by atoms with Gasteiger partial charge in [0.15, 0.2) is 5.72 Å². The van der Waals surface area contributed by atoms with Gasteiger partial charge in [-0.15, -0.1) is 0 Å². The van der Waals surface area contributed by atoms with Crippen LogP contribution < -0.4 is 0 Å². The summed E-state index contributed by atoms with van der Waals surface area (Å²) >= 11 is 3.69. The lowest BCUT2D eigenvalue weighted by atomic mass is 9.97. The van der Waals surface area contributed by atoms with Gasteiger partial charge in [0, 0.05) is 29.1 Å². The minimum Gasteiger partial charge on any atom is -0.366 e. The Labute approximate surface area is 122 Å². The van der Waals surface area contributed by atoms with Crippen molar-refractivity contribution in [3.63, 3.8) is 0 Å². The van der Waals surface area contributed by atoms with Crippen LogP contribution in [0.15, 0.2) is 22.7 Å². The molecule has 3 aliphatic rings. The van der Waals surface area contributed by atoms with Crippen LogP contribution >= 0.6 is 15.9 Å². The van der Waals surface area contributed by atoms with Crippen molar-refractivity contribution in [2.24, 2.45) is 5.92 Å². The summed E-state index contributed by atoms with van der Waals surface area (Å²) in [7, 11) is 1.81. The van der Waals surface area contributed by atoms with Crippen molar-refractivity contribution in [3.8, 4) is 0 Å². The third-order valence-electron chi connectivity index (χ3n) is 4.98. The molecule has 0 radical (unpaired) electrons. The number of halogens is 1. The van der Waals surface area contributed by atoms with E-state index in [2.05, 4.69) is 46.0 Å². The summed E-state index contributed by atoms with van der Waals surface area (Å²) in [6, 6.07) is 6.89. The Morgan fingerprint density at radius 2 is 2.32 bits per heavy atom. The molecular weight excluding hydrogens is 306 g/mol. The van der Waals surface area contributed by atoms with E-state index in [-0.39, 0.29) is 12.0 Å². The van der Waals surface area contributed by atoms with Gasteiger partial charge in [0.1, 0.15) is 6.23 Å². The molecule has 0 amide bonds. The summed E-state index contributed by atoms with van der Waals surface area (Å²) in [6.45, 7) is 3.03. The van der Waals surface area contributed by atoms with Crippen molar-refractivity contribution in [2.75, 3.05) is 13.7 Å². The van der Waals surface area contributed by atoms with E-state index in [1.165, 1.54) is 15.6 Å². The Balaban J connectivity index is 1.90. The van der Waals surface area contributed by atoms with Crippen molar-refractivity contribution in [1.29, 1.82) is 0 Å². The van der Waals surface area contributed by atoms with Crippen LogP contribution in [0.3, 0.4) is 0 Å². The first-order valence-electron chi connectivity index (χ1n) is 6.91. The summed E-state index contributed by atoms with van der Waals surface area (Å²) in [5.41, 5.74) is 2.52. The molecule has 3 nitrogen and oxygen atoms in total. The molecule has 2 aliphatic heterocycles. The third-order valence-corrected chi connectivity index (χ3v) is 5.72. The van der Waals surface area contributed by atoms with Gasteiger partial charge in [-0.3, -0.25) is 0 Å². The Morgan fingerprint density at radius 3 is 3.11 bits per heavy atom. The summed E-state index contributed by atoms with van der Waals surface area (Å²) in [6.07, 6.45) is 2.33. The van der Waals surface area contributed by atoms with Gasteiger partial charge in [0.2, 0.25) is 0 Å². The number of benzene rings is 1. The van der Waals surface area contributed by atoms with E-state index < -0.39 is 0 Å². The van der Waals surface area contributed by atoms with E-state index in [0.717, 1.165) is 19.4 Å². The molecule has 2 heterocycles. The number of methoxy groups -OCH3 is 1. The second kappa shape index (κ2) is 4.04. The molecular formula is C15H18BrNO2. The Kier molecular flexibility index (Phi) is 2.62. The number of hydrogen-bond acceptors (Lipinski definition) is 3. The molecule has 0 saturated carbocycles. The fraction of sp³-hybridized carbons (Fsp3) is 0.600. The zero-order valence-electron chi connectivity index (χ0n) is 11.2. The molecule has 0 N–H and O–H groups in total. The quantitative estimate of drug-likeness (QED) is 0.793. The van der Waals surface area contributed by atoms with Crippen LogP contribution in [0.1, 0.15) is 24.5 Å². The van der Waals surface area contributed by atoms with E-state index in [4.69, 9.17) is 9.47 Å². The Morgan fingerprint density at radius 1 is 1.47 bits per heavy atom. The Bertz CT molecular complexity index is 535. The predicted octanol–water partition coefficient (Wildman–Crippen LogP) is 2.87. The smallest absolute Gasteiger partial charge is 0.153 e. The fourth-order valence-corrected chi connectivity index (χ4v) is 4.82. The largest absolute Gasteiger partial charge is 0.366 e. The molecule has 1 spiro atoms. The maximum atomic E-state index is 6.34. The van der Waals surface area contributed by atoms with Gasteiger partial charge in [-0.2, -0.15) is 0 Å². The molecule has 102 valence electrons. The van der Waals surface area contributed by atoms with Gasteiger partial charge in [-0.1, -0.05) is 28.1 Å². The van der Waals surface area contributed by atoms with E-state index in [0.29, 0.717) is 12.0 Å². The first-order chi connectivity index (χ1) is 9.18. The zero-order valence-corrected chi connectivity index (χ0v) is 12.8. The molecule has 0 bridgehead atoms. The van der Waals surface area contributed by atoms with Gasteiger partial charge in [-0.25, -0.2) is 4.90 Å². The van der Waals surface area contributed by atoms with E-state index in [1.807, 2.05) is 7.11 Å². The minimum atomic E-state index is -0.237. The van der Waals surface area contributed by atoms with Crippen LogP contribution in [0, 0.1) is 5.92 Å². The monoisotopic (exact) mass is 323 g/mol. The van der Waals surface area contributed by atoms with Crippen molar-refractivity contribution in [1.82, 2.24) is 4.90 Å². The highest BCUT2D eigenvalue weighted by atomic mass is 79.9. The van der Waals surface area contributed by atoms with Crippen LogP contribution in [0.25, 0.3) is 0 Å². The maximum absolute atomic E-state index is 6.34. The second-order valence-corrected chi connectivity index (χ2v) is 6.71. The normalized spacial score (nSPS) is 40.3. The highest BCUT2D eigenvalue weighted by Gasteiger charge is 2.64. The summed E-state index contributed by atoms with van der Waals surface area (Å²) in [5, 5.41) is 0. The van der Waals surface area contributed by atoms with E-state index in [1.54, 1.807) is 0 Å². The fourth-order valence-electron chi connectivity index (χ4n) is 4.29. The average Bonchev–Trinajstić information content (AvgIpc) is 2.99. The third kappa shape index (κ3) is 1.38. The lowest BCUT2D eigenvalue weighted by Crippen LogP contribution is -2.45. The summed E-state index contributed by atoms with van der Waals surface area (Å²) in [5.74, 6) is 0.510. The highest BCUT2D eigenvalue weighted by Crippen LogP contribution is 2.58. The molecule has 4 rings (SSSR count). The van der Waals surface area contributed by atoms with Gasteiger partial charge >= 0.3 is 0 Å². The lowest BCUT2D eigenvalue weighted by Gasteiger charge is -2.35. The second-order valence-electron chi connectivity index (χ2n) is 5.86. The molecule has 2 saturated heterocycles. The van der Waals surface area contributed by atoms with Crippen LogP contribution in [0.5, 0.6) is 0 Å². The van der Waals surface area contributed by atoms with Crippen LogP contribution in [0.2, 0.25) is 0 Å². The van der Waals surface area contributed by atoms with Crippen molar-refractivity contribution >= 4 is 15.9 Å². The van der Waals surface area contributed by atoms with E-state index in [9.17, 15) is 0 Å². The van der Waals surface area contributed by atoms with Crippen molar-refractivity contribution in [2.45, 2.75) is 37.8 Å². The van der Waals surface area contributed by atoms with Crippen LogP contribution in [0.4, 0.5) is 0 Å². The van der Waals surface area contributed by atoms with Gasteiger partial charge in [-0.05, 0) is 31.4 Å². The van der Waals surface area contributed by atoms with Crippen LogP contribution in [-0.2, 0) is 21.6 Å². The number of nitrogens with zero attached hydrogens (tertiary/aromatic N) is 1.